The number of aryl methyl sites for hydroxylation is 1. The Morgan fingerprint density at radius 2 is 1.83 bits per heavy atom. The second-order valence-electron chi connectivity index (χ2n) is 6.07. The standard InChI is InChI=1S/C21H15Cl3N2O2S/c1-12-2-4-14(11-17(12)23)25-21(29)26-20(27)9-6-15-5-8-19(28-15)16-7-3-13(22)10-18(16)24/h2-11H,1H3,(H2,25,26,27,29)/b9-6+. The van der Waals surface area contributed by atoms with Gasteiger partial charge in [-0.05, 0) is 73.2 Å². The zero-order valence-electron chi connectivity index (χ0n) is 15.1. The van der Waals surface area contributed by atoms with Gasteiger partial charge in [-0.25, -0.2) is 0 Å². The molecule has 1 heterocycles. The van der Waals surface area contributed by atoms with Crippen molar-refractivity contribution in [1.29, 1.82) is 0 Å². The number of hydrogen-bond acceptors (Lipinski definition) is 3. The van der Waals surface area contributed by atoms with Crippen LogP contribution in [0.2, 0.25) is 15.1 Å². The molecule has 0 saturated heterocycles. The van der Waals surface area contributed by atoms with Crippen LogP contribution in [0, 0.1) is 6.92 Å². The van der Waals surface area contributed by atoms with Crippen LogP contribution in [0.15, 0.2) is 59.0 Å². The summed E-state index contributed by atoms with van der Waals surface area (Å²) >= 11 is 23.3. The zero-order chi connectivity index (χ0) is 21.0. The third-order valence-electron chi connectivity index (χ3n) is 3.89. The van der Waals surface area contributed by atoms with Crippen LogP contribution in [0.4, 0.5) is 5.69 Å². The number of rotatable bonds is 4. The maximum absolute atomic E-state index is 12.1. The molecular weight excluding hydrogens is 451 g/mol. The number of benzene rings is 2. The fraction of sp³-hybridized carbons (Fsp3) is 0.0476. The molecule has 29 heavy (non-hydrogen) atoms. The zero-order valence-corrected chi connectivity index (χ0v) is 18.2. The van der Waals surface area contributed by atoms with Crippen molar-refractivity contribution >= 4 is 69.8 Å². The van der Waals surface area contributed by atoms with Gasteiger partial charge in [-0.1, -0.05) is 40.9 Å². The van der Waals surface area contributed by atoms with Crippen molar-refractivity contribution in [3.05, 3.63) is 81.0 Å². The van der Waals surface area contributed by atoms with Crippen molar-refractivity contribution in [3.63, 3.8) is 0 Å². The number of halogens is 3. The third-order valence-corrected chi connectivity index (χ3v) is 5.05. The normalized spacial score (nSPS) is 10.9. The molecule has 0 aliphatic rings. The lowest BCUT2D eigenvalue weighted by Crippen LogP contribution is -2.32. The highest BCUT2D eigenvalue weighted by Gasteiger charge is 2.09. The summed E-state index contributed by atoms with van der Waals surface area (Å²) in [7, 11) is 0. The molecule has 2 aromatic carbocycles. The highest BCUT2D eigenvalue weighted by atomic mass is 35.5. The first-order valence-corrected chi connectivity index (χ1v) is 9.97. The Bertz CT molecular complexity index is 1110. The van der Waals surface area contributed by atoms with Crippen molar-refractivity contribution in [1.82, 2.24) is 5.32 Å². The van der Waals surface area contributed by atoms with Crippen LogP contribution in [0.3, 0.4) is 0 Å². The molecule has 0 aliphatic heterocycles. The van der Waals surface area contributed by atoms with Crippen LogP contribution < -0.4 is 10.6 Å². The minimum atomic E-state index is -0.400. The van der Waals surface area contributed by atoms with Gasteiger partial charge in [-0.3, -0.25) is 10.1 Å². The number of nitrogens with one attached hydrogen (secondary N) is 2. The summed E-state index contributed by atoms with van der Waals surface area (Å²) in [5, 5.41) is 7.26. The maximum atomic E-state index is 12.1. The van der Waals surface area contributed by atoms with E-state index in [4.69, 9.17) is 51.4 Å². The van der Waals surface area contributed by atoms with E-state index in [0.717, 1.165) is 5.56 Å². The second kappa shape index (κ2) is 9.46. The number of carbonyl (C=O) groups excluding carboxylic acids is 1. The molecule has 0 spiro atoms. The first-order chi connectivity index (χ1) is 13.8. The van der Waals surface area contributed by atoms with Gasteiger partial charge in [-0.15, -0.1) is 0 Å². The summed E-state index contributed by atoms with van der Waals surface area (Å²) < 4.78 is 5.71. The van der Waals surface area contributed by atoms with Gasteiger partial charge in [0.25, 0.3) is 0 Å². The minimum absolute atomic E-state index is 0.160. The predicted molar refractivity (Wildman–Crippen MR) is 124 cm³/mol. The van der Waals surface area contributed by atoms with Gasteiger partial charge in [0.2, 0.25) is 5.91 Å². The quantitative estimate of drug-likeness (QED) is 0.331. The van der Waals surface area contributed by atoms with E-state index < -0.39 is 5.91 Å². The van der Waals surface area contributed by atoms with E-state index >= 15 is 0 Å². The Labute approximate surface area is 188 Å². The van der Waals surface area contributed by atoms with E-state index in [1.54, 1.807) is 36.4 Å². The minimum Gasteiger partial charge on any atom is -0.457 e. The second-order valence-corrected chi connectivity index (χ2v) is 7.73. The van der Waals surface area contributed by atoms with Crippen LogP contribution in [0.5, 0.6) is 0 Å². The molecule has 148 valence electrons. The largest absolute Gasteiger partial charge is 0.457 e. The Morgan fingerprint density at radius 3 is 2.55 bits per heavy atom. The van der Waals surface area contributed by atoms with E-state index in [1.807, 2.05) is 19.1 Å². The van der Waals surface area contributed by atoms with Gasteiger partial charge in [0, 0.05) is 27.4 Å². The molecule has 3 rings (SSSR count). The number of anilines is 1. The molecule has 2 N–H and O–H groups in total. The summed E-state index contributed by atoms with van der Waals surface area (Å²) in [5.74, 6) is 0.661. The third kappa shape index (κ3) is 5.84. The van der Waals surface area contributed by atoms with Crippen molar-refractivity contribution in [2.45, 2.75) is 6.92 Å². The maximum Gasteiger partial charge on any atom is 0.250 e. The van der Waals surface area contributed by atoms with Gasteiger partial charge in [-0.2, -0.15) is 0 Å². The lowest BCUT2D eigenvalue weighted by atomic mass is 10.2. The summed E-state index contributed by atoms with van der Waals surface area (Å²) in [4.78, 5) is 12.1. The molecule has 0 atom stereocenters. The molecule has 8 heteroatoms. The van der Waals surface area contributed by atoms with Gasteiger partial charge in [0.1, 0.15) is 11.5 Å². The Hall–Kier alpha value is -2.31. The SMILES string of the molecule is Cc1ccc(NC(=S)NC(=O)/C=C/c2ccc(-c3ccc(Cl)cc3Cl)o2)cc1Cl. The average Bonchev–Trinajstić information content (AvgIpc) is 3.11. The fourth-order valence-electron chi connectivity index (χ4n) is 2.42. The number of thiocarbonyl (C=S) groups is 1. The van der Waals surface area contributed by atoms with Crippen molar-refractivity contribution in [3.8, 4) is 11.3 Å². The van der Waals surface area contributed by atoms with Crippen LogP contribution in [-0.4, -0.2) is 11.0 Å². The van der Waals surface area contributed by atoms with Crippen LogP contribution in [-0.2, 0) is 4.79 Å². The molecule has 0 unspecified atom stereocenters. The van der Waals surface area contributed by atoms with Crippen LogP contribution in [0.25, 0.3) is 17.4 Å². The van der Waals surface area contributed by atoms with E-state index in [-0.39, 0.29) is 5.11 Å². The lowest BCUT2D eigenvalue weighted by Gasteiger charge is -2.09. The molecule has 3 aromatic rings. The molecule has 4 nitrogen and oxygen atoms in total. The average molecular weight is 466 g/mol. The topological polar surface area (TPSA) is 54.3 Å². The summed E-state index contributed by atoms with van der Waals surface area (Å²) in [6, 6.07) is 14.0. The van der Waals surface area contributed by atoms with Gasteiger partial charge in [0.05, 0.1) is 5.02 Å². The molecule has 1 amide bonds. The smallest absolute Gasteiger partial charge is 0.250 e. The molecule has 0 saturated carbocycles. The summed E-state index contributed by atoms with van der Waals surface area (Å²) in [6.07, 6.45) is 2.86. The number of hydrogen-bond donors (Lipinski definition) is 2. The number of carbonyl (C=O) groups is 1. The van der Waals surface area contributed by atoms with Gasteiger partial charge < -0.3 is 9.73 Å². The van der Waals surface area contributed by atoms with E-state index in [1.165, 1.54) is 12.2 Å². The summed E-state index contributed by atoms with van der Waals surface area (Å²) in [6.45, 7) is 1.90. The fourth-order valence-corrected chi connectivity index (χ4v) is 3.32. The number of furan rings is 1. The lowest BCUT2D eigenvalue weighted by molar-refractivity contribution is -0.115. The van der Waals surface area contributed by atoms with E-state index in [2.05, 4.69) is 10.6 Å². The number of amides is 1. The first-order valence-electron chi connectivity index (χ1n) is 8.43. The molecule has 0 aliphatic carbocycles. The molecule has 0 bridgehead atoms. The molecular formula is C21H15Cl3N2O2S. The highest BCUT2D eigenvalue weighted by Crippen LogP contribution is 2.31. The summed E-state index contributed by atoms with van der Waals surface area (Å²) in [5.41, 5.74) is 2.35. The van der Waals surface area contributed by atoms with Gasteiger partial charge >= 0.3 is 0 Å². The van der Waals surface area contributed by atoms with Crippen molar-refractivity contribution in [2.24, 2.45) is 0 Å². The first kappa shape index (κ1) is 21.4. The highest BCUT2D eigenvalue weighted by molar-refractivity contribution is 7.80. The van der Waals surface area contributed by atoms with E-state index in [0.29, 0.717) is 37.8 Å². The molecule has 1 aromatic heterocycles. The van der Waals surface area contributed by atoms with Gasteiger partial charge in [0.15, 0.2) is 5.11 Å². The monoisotopic (exact) mass is 464 g/mol. The Balaban J connectivity index is 1.59. The molecule has 0 fully saturated rings. The predicted octanol–water partition coefficient (Wildman–Crippen LogP) is 6.74. The Kier molecular flexibility index (Phi) is 6.98. The van der Waals surface area contributed by atoms with Crippen LogP contribution >= 0.6 is 47.0 Å². The van der Waals surface area contributed by atoms with Crippen molar-refractivity contribution in [2.75, 3.05) is 5.32 Å². The van der Waals surface area contributed by atoms with Crippen molar-refractivity contribution < 1.29 is 9.21 Å². The molecule has 0 radical (unpaired) electrons. The van der Waals surface area contributed by atoms with Crippen LogP contribution in [0.1, 0.15) is 11.3 Å². The Morgan fingerprint density at radius 1 is 1.03 bits per heavy atom. The van der Waals surface area contributed by atoms with E-state index in [9.17, 15) is 4.79 Å².